The smallest absolute Gasteiger partial charge is 0.355 e. The molecule has 3 aromatic carbocycles. The van der Waals surface area contributed by atoms with Crippen LogP contribution < -0.4 is 5.32 Å². The van der Waals surface area contributed by atoms with Crippen molar-refractivity contribution in [1.29, 1.82) is 0 Å². The molecule has 1 aromatic heterocycles. The van der Waals surface area contributed by atoms with Crippen LogP contribution in [0.3, 0.4) is 0 Å². The molecule has 8 nitrogen and oxygen atoms in total. The van der Waals surface area contributed by atoms with E-state index in [2.05, 4.69) is 10.3 Å². The molecule has 0 radical (unpaired) electrons. The summed E-state index contributed by atoms with van der Waals surface area (Å²) in [7, 11) is -7.95. The van der Waals surface area contributed by atoms with Crippen molar-refractivity contribution in [3.63, 3.8) is 0 Å². The summed E-state index contributed by atoms with van der Waals surface area (Å²) in [4.78, 5) is 3.86. The molecular weight excluding hydrogens is 584 g/mol. The highest BCUT2D eigenvalue weighted by Gasteiger charge is 2.35. The van der Waals surface area contributed by atoms with Crippen LogP contribution in [0, 0.1) is 12.7 Å². The second kappa shape index (κ2) is 10.7. The van der Waals surface area contributed by atoms with Gasteiger partial charge in [0, 0.05) is 54.7 Å². The molecule has 0 amide bonds. The van der Waals surface area contributed by atoms with Crippen LogP contribution in [0.4, 0.5) is 28.9 Å². The van der Waals surface area contributed by atoms with Crippen LogP contribution in [0.25, 0.3) is 10.9 Å². The Morgan fingerprint density at radius 2 is 1.46 bits per heavy atom. The van der Waals surface area contributed by atoms with Gasteiger partial charge in [0.2, 0.25) is 20.0 Å². The normalized spacial score (nSPS) is 15.7. The number of hydrogen-bond donors (Lipinski definition) is 1. The van der Waals surface area contributed by atoms with Crippen molar-refractivity contribution in [2.45, 2.75) is 22.9 Å². The number of sulfonamides is 2. The maximum absolute atomic E-state index is 13.9. The summed E-state index contributed by atoms with van der Waals surface area (Å²) < 4.78 is 108. The number of piperazine rings is 1. The van der Waals surface area contributed by atoms with Crippen LogP contribution in [0.15, 0.2) is 82.7 Å². The van der Waals surface area contributed by atoms with Gasteiger partial charge in [-0.25, -0.2) is 21.2 Å². The minimum atomic E-state index is -4.50. The van der Waals surface area contributed by atoms with Crippen LogP contribution in [-0.4, -0.2) is 56.6 Å². The van der Waals surface area contributed by atoms with E-state index in [-0.39, 0.29) is 47.1 Å². The van der Waals surface area contributed by atoms with E-state index in [1.807, 2.05) is 0 Å². The molecule has 0 spiro atoms. The highest BCUT2D eigenvalue weighted by atomic mass is 32.2. The van der Waals surface area contributed by atoms with Crippen molar-refractivity contribution in [2.24, 2.45) is 0 Å². The molecule has 0 bridgehead atoms. The molecule has 216 valence electrons. The molecule has 41 heavy (non-hydrogen) atoms. The molecule has 14 heteroatoms. The topological polar surface area (TPSA) is 99.7 Å². The number of anilines is 2. The van der Waals surface area contributed by atoms with Crippen molar-refractivity contribution in [3.05, 3.63) is 89.9 Å². The summed E-state index contributed by atoms with van der Waals surface area (Å²) in [6.07, 6.45) is -3.12. The van der Waals surface area contributed by atoms with Crippen LogP contribution >= 0.6 is 0 Å². The van der Waals surface area contributed by atoms with Gasteiger partial charge in [0.25, 0.3) is 0 Å². The third-order valence-electron chi connectivity index (χ3n) is 6.87. The standard InChI is InChI=1S/C27H24F4N4O4S2/c1-18-23(28)3-2-4-26(18)41(38,39)35-15-13-34(14-16-35)40(36,37)21-8-6-20(7-9-21)33-24-11-12-32-25-17-19(27(29,30)31)5-10-22(24)25/h2-12,17H,13-16H2,1H3,(H,32,33). The lowest BCUT2D eigenvalue weighted by atomic mass is 10.1. The first-order chi connectivity index (χ1) is 19.3. The minimum absolute atomic E-state index is 0.00192. The first kappa shape index (κ1) is 28.9. The number of aromatic nitrogens is 1. The van der Waals surface area contributed by atoms with E-state index in [1.54, 1.807) is 6.07 Å². The van der Waals surface area contributed by atoms with Crippen molar-refractivity contribution in [2.75, 3.05) is 31.5 Å². The molecule has 1 aliphatic rings. The molecule has 1 aliphatic heterocycles. The van der Waals surface area contributed by atoms with Crippen molar-refractivity contribution >= 4 is 42.3 Å². The first-order valence-corrected chi connectivity index (χ1v) is 15.2. The Balaban J connectivity index is 1.29. The Bertz CT molecular complexity index is 1820. The Kier molecular flexibility index (Phi) is 7.53. The predicted molar refractivity (Wildman–Crippen MR) is 145 cm³/mol. The van der Waals surface area contributed by atoms with Gasteiger partial charge in [0.05, 0.1) is 20.9 Å². The van der Waals surface area contributed by atoms with Gasteiger partial charge in [-0.2, -0.15) is 21.8 Å². The molecule has 0 aliphatic carbocycles. The Morgan fingerprint density at radius 1 is 0.829 bits per heavy atom. The van der Waals surface area contributed by atoms with Crippen LogP contribution in [0.1, 0.15) is 11.1 Å². The van der Waals surface area contributed by atoms with Crippen molar-refractivity contribution < 1.29 is 34.4 Å². The lowest BCUT2D eigenvalue weighted by molar-refractivity contribution is -0.137. The van der Waals surface area contributed by atoms with E-state index < -0.39 is 37.6 Å². The average molecular weight is 609 g/mol. The monoisotopic (exact) mass is 608 g/mol. The predicted octanol–water partition coefficient (Wildman–Crippen LogP) is 5.14. The van der Waals surface area contributed by atoms with Gasteiger partial charge in [0.1, 0.15) is 5.82 Å². The molecule has 5 rings (SSSR count). The summed E-state index contributed by atoms with van der Waals surface area (Å²) >= 11 is 0. The van der Waals surface area contributed by atoms with Gasteiger partial charge < -0.3 is 5.32 Å². The van der Waals surface area contributed by atoms with Gasteiger partial charge in [-0.3, -0.25) is 4.98 Å². The van der Waals surface area contributed by atoms with Crippen LogP contribution in [-0.2, 0) is 26.2 Å². The molecule has 1 N–H and O–H groups in total. The summed E-state index contributed by atoms with van der Waals surface area (Å²) in [6, 6.07) is 14.5. The molecule has 2 heterocycles. The molecule has 0 saturated carbocycles. The average Bonchev–Trinajstić information content (AvgIpc) is 2.94. The molecule has 0 atom stereocenters. The number of benzene rings is 3. The third-order valence-corrected chi connectivity index (χ3v) is 10.8. The van der Waals surface area contributed by atoms with Gasteiger partial charge in [0.15, 0.2) is 0 Å². The zero-order chi connectivity index (χ0) is 29.6. The number of halogens is 4. The third kappa shape index (κ3) is 5.64. The molecule has 0 unspecified atom stereocenters. The summed E-state index contributed by atoms with van der Waals surface area (Å²) in [6.45, 7) is 1.02. The minimum Gasteiger partial charge on any atom is -0.355 e. The Hall–Kier alpha value is -3.59. The van der Waals surface area contributed by atoms with Crippen molar-refractivity contribution in [1.82, 2.24) is 13.6 Å². The van der Waals surface area contributed by atoms with E-state index in [9.17, 15) is 34.4 Å². The van der Waals surface area contributed by atoms with Crippen LogP contribution in [0.2, 0.25) is 0 Å². The number of nitrogens with one attached hydrogen (secondary N) is 1. The maximum atomic E-state index is 13.9. The number of fused-ring (bicyclic) bond motifs is 1. The van der Waals surface area contributed by atoms with E-state index in [1.165, 1.54) is 66.0 Å². The fourth-order valence-electron chi connectivity index (χ4n) is 4.60. The largest absolute Gasteiger partial charge is 0.416 e. The SMILES string of the molecule is Cc1c(F)cccc1S(=O)(=O)N1CCN(S(=O)(=O)c2ccc(Nc3ccnc4cc(C(F)(F)F)ccc34)cc2)CC1. The first-order valence-electron chi connectivity index (χ1n) is 12.4. The number of rotatable bonds is 6. The van der Waals surface area contributed by atoms with Gasteiger partial charge in [-0.15, -0.1) is 0 Å². The quantitative estimate of drug-likeness (QED) is 0.305. The van der Waals surface area contributed by atoms with Crippen molar-refractivity contribution in [3.8, 4) is 0 Å². The van der Waals surface area contributed by atoms with Gasteiger partial charge in [-0.05, 0) is 61.5 Å². The van der Waals surface area contributed by atoms with Gasteiger partial charge >= 0.3 is 6.18 Å². The van der Waals surface area contributed by atoms with Gasteiger partial charge in [-0.1, -0.05) is 12.1 Å². The maximum Gasteiger partial charge on any atom is 0.416 e. The number of nitrogens with zero attached hydrogens (tertiary/aromatic N) is 3. The number of pyridine rings is 1. The van der Waals surface area contributed by atoms with E-state index in [4.69, 9.17) is 0 Å². The van der Waals surface area contributed by atoms with Crippen LogP contribution in [0.5, 0.6) is 0 Å². The lowest BCUT2D eigenvalue weighted by Gasteiger charge is -2.33. The Labute approximate surface area is 234 Å². The fraction of sp³-hybridized carbons (Fsp3) is 0.222. The molecule has 1 saturated heterocycles. The number of hydrogen-bond acceptors (Lipinski definition) is 6. The van der Waals surface area contributed by atoms with E-state index in [0.717, 1.165) is 16.4 Å². The highest BCUT2D eigenvalue weighted by Crippen LogP contribution is 2.33. The van der Waals surface area contributed by atoms with E-state index in [0.29, 0.717) is 16.8 Å². The lowest BCUT2D eigenvalue weighted by Crippen LogP contribution is -2.50. The fourth-order valence-corrected chi connectivity index (χ4v) is 7.68. The summed E-state index contributed by atoms with van der Waals surface area (Å²) in [5.74, 6) is -0.641. The summed E-state index contributed by atoms with van der Waals surface area (Å²) in [5, 5.41) is 3.54. The molecule has 1 fully saturated rings. The molecule has 4 aromatic rings. The zero-order valence-electron chi connectivity index (χ0n) is 21.6. The van der Waals surface area contributed by atoms with E-state index >= 15 is 0 Å². The second-order valence-electron chi connectivity index (χ2n) is 9.41. The second-order valence-corrected chi connectivity index (χ2v) is 13.3. The Morgan fingerprint density at radius 3 is 2.10 bits per heavy atom. The highest BCUT2D eigenvalue weighted by molar-refractivity contribution is 7.89. The number of alkyl halides is 3. The zero-order valence-corrected chi connectivity index (χ0v) is 23.2. The summed E-state index contributed by atoms with van der Waals surface area (Å²) in [5.41, 5.74) is 0.328. The molecular formula is C27H24F4N4O4S2.